The van der Waals surface area contributed by atoms with Crippen LogP contribution in [0.2, 0.25) is 5.02 Å². The molecule has 0 unspecified atom stereocenters. The van der Waals surface area contributed by atoms with Gasteiger partial charge in [0, 0.05) is 4.47 Å². The summed E-state index contributed by atoms with van der Waals surface area (Å²) in [6.45, 7) is 0. The number of hydrogen-bond donors (Lipinski definition) is 1. The number of methoxy groups -OCH3 is 1. The number of rotatable bonds is 6. The second-order valence-corrected chi connectivity index (χ2v) is 7.31. The number of hydrogen-bond acceptors (Lipinski definition) is 5. The molecule has 1 N–H and O–H groups in total. The number of carbonyl (C=O) groups is 2. The first-order valence-electron chi connectivity index (χ1n) is 8.71. The molecule has 0 heterocycles. The molecular formula is C22H16BrClN2O4. The Morgan fingerprint density at radius 1 is 1.03 bits per heavy atom. The Kier molecular flexibility index (Phi) is 7.21. The first-order chi connectivity index (χ1) is 14.5. The lowest BCUT2D eigenvalue weighted by Gasteiger charge is -2.10. The quantitative estimate of drug-likeness (QED) is 0.227. The summed E-state index contributed by atoms with van der Waals surface area (Å²) in [5.41, 5.74) is 3.77. The van der Waals surface area contributed by atoms with Gasteiger partial charge in [-0.25, -0.2) is 10.2 Å². The van der Waals surface area contributed by atoms with Gasteiger partial charge in [-0.15, -0.1) is 0 Å². The number of amides is 1. The Bertz CT molecular complexity index is 1120. The molecule has 0 bridgehead atoms. The largest absolute Gasteiger partial charge is 0.493 e. The van der Waals surface area contributed by atoms with Gasteiger partial charge in [0.25, 0.3) is 5.91 Å². The third kappa shape index (κ3) is 5.46. The molecule has 0 saturated heterocycles. The molecule has 3 aromatic rings. The molecule has 152 valence electrons. The van der Waals surface area contributed by atoms with E-state index in [9.17, 15) is 9.59 Å². The van der Waals surface area contributed by atoms with E-state index in [0.717, 1.165) is 4.47 Å². The van der Waals surface area contributed by atoms with Crippen LogP contribution in [0.5, 0.6) is 11.5 Å². The van der Waals surface area contributed by atoms with Crippen molar-refractivity contribution in [2.24, 2.45) is 5.10 Å². The normalized spacial score (nSPS) is 10.6. The molecule has 0 aromatic heterocycles. The van der Waals surface area contributed by atoms with Crippen LogP contribution in [-0.4, -0.2) is 25.2 Å². The third-order valence-electron chi connectivity index (χ3n) is 3.95. The van der Waals surface area contributed by atoms with Gasteiger partial charge in [0.05, 0.1) is 29.5 Å². The topological polar surface area (TPSA) is 77.0 Å². The van der Waals surface area contributed by atoms with E-state index in [1.165, 1.54) is 13.3 Å². The minimum atomic E-state index is -0.511. The van der Waals surface area contributed by atoms with E-state index < -0.39 is 11.9 Å². The van der Waals surface area contributed by atoms with Crippen LogP contribution in [-0.2, 0) is 0 Å². The molecule has 3 aromatic carbocycles. The molecule has 0 aliphatic heterocycles. The van der Waals surface area contributed by atoms with E-state index >= 15 is 0 Å². The Morgan fingerprint density at radius 3 is 2.57 bits per heavy atom. The summed E-state index contributed by atoms with van der Waals surface area (Å²) < 4.78 is 11.5. The number of nitrogens with zero attached hydrogens (tertiary/aromatic N) is 1. The average molecular weight is 488 g/mol. The zero-order valence-electron chi connectivity index (χ0n) is 15.8. The molecule has 0 saturated carbocycles. The van der Waals surface area contributed by atoms with Crippen LogP contribution in [0.4, 0.5) is 0 Å². The number of esters is 1. The van der Waals surface area contributed by atoms with Gasteiger partial charge < -0.3 is 9.47 Å². The lowest BCUT2D eigenvalue weighted by atomic mass is 10.2. The maximum Gasteiger partial charge on any atom is 0.343 e. The highest BCUT2D eigenvalue weighted by molar-refractivity contribution is 9.10. The lowest BCUT2D eigenvalue weighted by Crippen LogP contribution is -2.17. The van der Waals surface area contributed by atoms with Crippen LogP contribution < -0.4 is 14.9 Å². The summed E-state index contributed by atoms with van der Waals surface area (Å²) in [6, 6.07) is 18.5. The second-order valence-electron chi connectivity index (χ2n) is 5.99. The lowest BCUT2D eigenvalue weighted by molar-refractivity contribution is 0.0729. The summed E-state index contributed by atoms with van der Waals surface area (Å²) in [5.74, 6) is -0.328. The van der Waals surface area contributed by atoms with E-state index in [0.29, 0.717) is 27.5 Å². The molecule has 0 aliphatic rings. The Balaban J connectivity index is 1.69. The van der Waals surface area contributed by atoms with Crippen molar-refractivity contribution in [3.8, 4) is 11.5 Å². The number of ether oxygens (including phenoxy) is 2. The van der Waals surface area contributed by atoms with Gasteiger partial charge in [-0.2, -0.15) is 5.10 Å². The van der Waals surface area contributed by atoms with Gasteiger partial charge in [-0.1, -0.05) is 45.7 Å². The van der Waals surface area contributed by atoms with Crippen LogP contribution in [0.15, 0.2) is 76.3 Å². The van der Waals surface area contributed by atoms with Gasteiger partial charge in [0.1, 0.15) is 0 Å². The van der Waals surface area contributed by atoms with Crippen molar-refractivity contribution < 1.29 is 19.1 Å². The maximum absolute atomic E-state index is 12.3. The molecule has 0 radical (unpaired) electrons. The third-order valence-corrected chi connectivity index (χ3v) is 4.77. The summed E-state index contributed by atoms with van der Waals surface area (Å²) >= 11 is 9.32. The summed E-state index contributed by atoms with van der Waals surface area (Å²) in [7, 11) is 1.46. The minimum absolute atomic E-state index is 0.264. The van der Waals surface area contributed by atoms with Crippen molar-refractivity contribution in [3.63, 3.8) is 0 Å². The fourth-order valence-electron chi connectivity index (χ4n) is 2.49. The van der Waals surface area contributed by atoms with Crippen molar-refractivity contribution in [1.82, 2.24) is 5.43 Å². The smallest absolute Gasteiger partial charge is 0.343 e. The van der Waals surface area contributed by atoms with Crippen LogP contribution in [0.1, 0.15) is 26.3 Å². The summed E-state index contributed by atoms with van der Waals surface area (Å²) in [4.78, 5) is 24.5. The van der Waals surface area contributed by atoms with Crippen molar-refractivity contribution in [3.05, 3.63) is 92.9 Å². The number of nitrogens with one attached hydrogen (secondary N) is 1. The molecule has 0 aliphatic carbocycles. The van der Waals surface area contributed by atoms with Gasteiger partial charge in [0.15, 0.2) is 11.5 Å². The van der Waals surface area contributed by atoms with E-state index in [1.807, 2.05) is 6.07 Å². The molecule has 0 atom stereocenters. The van der Waals surface area contributed by atoms with E-state index in [-0.39, 0.29) is 5.75 Å². The number of benzene rings is 3. The molecule has 8 heteroatoms. The van der Waals surface area contributed by atoms with Crippen molar-refractivity contribution in [1.29, 1.82) is 0 Å². The first-order valence-corrected chi connectivity index (χ1v) is 9.89. The predicted octanol–water partition coefficient (Wildman–Crippen LogP) is 5.09. The van der Waals surface area contributed by atoms with E-state index in [1.54, 1.807) is 60.7 Å². The zero-order chi connectivity index (χ0) is 21.5. The van der Waals surface area contributed by atoms with Crippen LogP contribution in [0, 0.1) is 0 Å². The SMILES string of the molecule is COc1cc(/C=N\NC(=O)c2ccccc2Cl)ccc1OC(=O)c1cccc(Br)c1. The van der Waals surface area contributed by atoms with Crippen LogP contribution >= 0.6 is 27.5 Å². The highest BCUT2D eigenvalue weighted by Crippen LogP contribution is 2.28. The number of halogens is 2. The number of carbonyl (C=O) groups excluding carboxylic acids is 2. The Labute approximate surface area is 186 Å². The van der Waals surface area contributed by atoms with Gasteiger partial charge >= 0.3 is 5.97 Å². The summed E-state index contributed by atoms with van der Waals surface area (Å²) in [6.07, 6.45) is 1.44. The fraction of sp³-hybridized carbons (Fsp3) is 0.0455. The van der Waals surface area contributed by atoms with Gasteiger partial charge in [-0.05, 0) is 54.1 Å². The molecule has 0 spiro atoms. The summed E-state index contributed by atoms with van der Waals surface area (Å²) in [5, 5.41) is 4.27. The van der Waals surface area contributed by atoms with Gasteiger partial charge in [-0.3, -0.25) is 4.79 Å². The van der Waals surface area contributed by atoms with Gasteiger partial charge in [0.2, 0.25) is 0 Å². The highest BCUT2D eigenvalue weighted by atomic mass is 79.9. The van der Waals surface area contributed by atoms with Crippen molar-refractivity contribution >= 4 is 45.6 Å². The predicted molar refractivity (Wildman–Crippen MR) is 119 cm³/mol. The minimum Gasteiger partial charge on any atom is -0.493 e. The zero-order valence-corrected chi connectivity index (χ0v) is 18.1. The fourth-order valence-corrected chi connectivity index (χ4v) is 3.11. The van der Waals surface area contributed by atoms with E-state index in [2.05, 4.69) is 26.5 Å². The van der Waals surface area contributed by atoms with Crippen molar-refractivity contribution in [2.75, 3.05) is 7.11 Å². The molecule has 6 nitrogen and oxygen atoms in total. The standard InChI is InChI=1S/C22H16BrClN2O4/c1-29-20-11-14(13-25-26-21(27)17-7-2-3-8-18(17)24)9-10-19(20)30-22(28)15-5-4-6-16(23)12-15/h2-13H,1H3,(H,26,27)/b25-13-. The maximum atomic E-state index is 12.3. The van der Waals surface area contributed by atoms with Crippen molar-refractivity contribution in [2.45, 2.75) is 0 Å². The molecule has 1 amide bonds. The molecule has 30 heavy (non-hydrogen) atoms. The highest BCUT2D eigenvalue weighted by Gasteiger charge is 2.13. The number of hydrazone groups is 1. The molecular weight excluding hydrogens is 472 g/mol. The van der Waals surface area contributed by atoms with E-state index in [4.69, 9.17) is 21.1 Å². The molecule has 3 rings (SSSR count). The van der Waals surface area contributed by atoms with Crippen LogP contribution in [0.3, 0.4) is 0 Å². The average Bonchev–Trinajstić information content (AvgIpc) is 2.74. The monoisotopic (exact) mass is 486 g/mol. The Morgan fingerprint density at radius 2 is 1.83 bits per heavy atom. The first kappa shape index (κ1) is 21.5. The second kappa shape index (κ2) is 10.0. The van der Waals surface area contributed by atoms with Crippen LogP contribution in [0.25, 0.3) is 0 Å². The Hall–Kier alpha value is -3.16. The molecule has 0 fully saturated rings.